The van der Waals surface area contributed by atoms with Gasteiger partial charge in [-0.3, -0.25) is 4.79 Å². The van der Waals surface area contributed by atoms with Crippen molar-refractivity contribution in [2.75, 3.05) is 6.61 Å². The predicted octanol–water partition coefficient (Wildman–Crippen LogP) is 3.21. The molecule has 0 radical (unpaired) electrons. The van der Waals surface area contributed by atoms with Crippen molar-refractivity contribution in [1.82, 2.24) is 0 Å². The Labute approximate surface area is 87.8 Å². The van der Waals surface area contributed by atoms with E-state index in [9.17, 15) is 9.69 Å². The molecular formula is C10H21O3P. The van der Waals surface area contributed by atoms with E-state index >= 15 is 0 Å². The second kappa shape index (κ2) is 9.57. The lowest BCUT2D eigenvalue weighted by atomic mass is 10.1. The lowest BCUT2D eigenvalue weighted by molar-refractivity contribution is -0.113. The molecule has 3 nitrogen and oxygen atoms in total. The normalized spacial score (nSPS) is 12.8. The van der Waals surface area contributed by atoms with Gasteiger partial charge in [0.15, 0.2) is 0 Å². The minimum atomic E-state index is -1.81. The van der Waals surface area contributed by atoms with Crippen molar-refractivity contribution in [1.29, 1.82) is 0 Å². The van der Waals surface area contributed by atoms with Crippen LogP contribution in [0.25, 0.3) is 0 Å². The first-order valence-corrected chi connectivity index (χ1v) is 6.58. The van der Waals surface area contributed by atoms with E-state index in [1.807, 2.05) is 0 Å². The summed E-state index contributed by atoms with van der Waals surface area (Å²) >= 11 is 0. The average Bonchev–Trinajstić information content (AvgIpc) is 2.17. The summed E-state index contributed by atoms with van der Waals surface area (Å²) in [5, 5.41) is 0. The van der Waals surface area contributed by atoms with Crippen LogP contribution in [0.3, 0.4) is 0 Å². The molecule has 14 heavy (non-hydrogen) atoms. The van der Waals surface area contributed by atoms with Crippen molar-refractivity contribution in [3.63, 3.8) is 0 Å². The minimum absolute atomic E-state index is 0.127. The summed E-state index contributed by atoms with van der Waals surface area (Å²) in [6.07, 6.45) is 6.04. The zero-order valence-electron chi connectivity index (χ0n) is 9.16. The maximum absolute atomic E-state index is 11.2. The van der Waals surface area contributed by atoms with Gasteiger partial charge in [-0.2, -0.15) is 0 Å². The molecule has 0 saturated heterocycles. The Morgan fingerprint density at radius 3 is 2.43 bits per heavy atom. The van der Waals surface area contributed by atoms with Crippen LogP contribution in [0.15, 0.2) is 0 Å². The summed E-state index contributed by atoms with van der Waals surface area (Å²) in [5.74, 6) is 0. The first kappa shape index (κ1) is 14.0. The Bertz CT molecular complexity index is 150. The Kier molecular flexibility index (Phi) is 9.58. The highest BCUT2D eigenvalue weighted by Gasteiger charge is 2.14. The van der Waals surface area contributed by atoms with E-state index in [0.29, 0.717) is 13.0 Å². The third kappa shape index (κ3) is 7.43. The van der Waals surface area contributed by atoms with E-state index < -0.39 is 8.38 Å². The van der Waals surface area contributed by atoms with E-state index in [4.69, 9.17) is 4.52 Å². The Hall–Kier alpha value is 0.0200. The standard InChI is InChI=1S/C10H21O3P/c1-3-5-6-7-8-9-10(11)14(12)13-4-2/h12H,3-9H2,1-2H3. The fraction of sp³-hybridized carbons (Fsp3) is 0.900. The van der Waals surface area contributed by atoms with Crippen LogP contribution in [0.5, 0.6) is 0 Å². The molecule has 4 heteroatoms. The van der Waals surface area contributed by atoms with Gasteiger partial charge in [-0.05, 0) is 13.3 Å². The van der Waals surface area contributed by atoms with Crippen LogP contribution in [0.4, 0.5) is 0 Å². The maximum Gasteiger partial charge on any atom is 0.240 e. The Balaban J connectivity index is 3.34. The summed E-state index contributed by atoms with van der Waals surface area (Å²) in [6, 6.07) is 0. The highest BCUT2D eigenvalue weighted by atomic mass is 31.2. The molecule has 0 heterocycles. The molecule has 0 aromatic heterocycles. The molecule has 0 rings (SSSR count). The van der Waals surface area contributed by atoms with Crippen LogP contribution < -0.4 is 0 Å². The molecule has 84 valence electrons. The molecule has 0 amide bonds. The smallest absolute Gasteiger partial charge is 0.240 e. The van der Waals surface area contributed by atoms with Crippen LogP contribution in [0, 0.1) is 0 Å². The number of carbonyl (C=O) groups excluding carboxylic acids is 1. The highest BCUT2D eigenvalue weighted by Crippen LogP contribution is 2.34. The van der Waals surface area contributed by atoms with Gasteiger partial charge in [0.1, 0.15) is 0 Å². The van der Waals surface area contributed by atoms with Crippen molar-refractivity contribution in [3.8, 4) is 0 Å². The predicted molar refractivity (Wildman–Crippen MR) is 59.1 cm³/mol. The number of unbranched alkanes of at least 4 members (excludes halogenated alkanes) is 4. The topological polar surface area (TPSA) is 46.5 Å². The first-order valence-electron chi connectivity index (χ1n) is 5.37. The van der Waals surface area contributed by atoms with Crippen LogP contribution in [-0.4, -0.2) is 17.0 Å². The van der Waals surface area contributed by atoms with Crippen LogP contribution in [0.1, 0.15) is 52.4 Å². The largest absolute Gasteiger partial charge is 0.344 e. The van der Waals surface area contributed by atoms with Crippen molar-refractivity contribution < 1.29 is 14.2 Å². The van der Waals surface area contributed by atoms with E-state index in [-0.39, 0.29) is 5.52 Å². The maximum atomic E-state index is 11.2. The Morgan fingerprint density at radius 1 is 1.21 bits per heavy atom. The summed E-state index contributed by atoms with van der Waals surface area (Å²) in [4.78, 5) is 20.4. The Morgan fingerprint density at radius 2 is 1.86 bits per heavy atom. The van der Waals surface area contributed by atoms with E-state index in [1.165, 1.54) is 19.3 Å². The third-order valence-corrected chi connectivity index (χ3v) is 3.11. The summed E-state index contributed by atoms with van der Waals surface area (Å²) in [6.45, 7) is 4.34. The van der Waals surface area contributed by atoms with Crippen molar-refractivity contribution >= 4 is 13.9 Å². The van der Waals surface area contributed by atoms with Gasteiger partial charge < -0.3 is 9.42 Å². The highest BCUT2D eigenvalue weighted by molar-refractivity contribution is 7.65. The lowest BCUT2D eigenvalue weighted by Gasteiger charge is -2.07. The molecule has 1 N–H and O–H groups in total. The zero-order valence-corrected chi connectivity index (χ0v) is 10.1. The van der Waals surface area contributed by atoms with Crippen LogP contribution in [0.2, 0.25) is 0 Å². The van der Waals surface area contributed by atoms with Gasteiger partial charge in [0.05, 0.1) is 6.61 Å². The van der Waals surface area contributed by atoms with Crippen LogP contribution >= 0.6 is 8.38 Å². The molecule has 0 aliphatic heterocycles. The quantitative estimate of drug-likeness (QED) is 0.479. The third-order valence-electron chi connectivity index (χ3n) is 1.96. The molecule has 0 aliphatic rings. The van der Waals surface area contributed by atoms with E-state index in [0.717, 1.165) is 12.8 Å². The van der Waals surface area contributed by atoms with E-state index in [2.05, 4.69) is 6.92 Å². The van der Waals surface area contributed by atoms with Gasteiger partial charge in [0.25, 0.3) is 0 Å². The zero-order chi connectivity index (χ0) is 10.8. The molecule has 1 atom stereocenters. The second-order valence-electron chi connectivity index (χ2n) is 3.25. The molecular weight excluding hydrogens is 199 g/mol. The fourth-order valence-electron chi connectivity index (χ4n) is 1.17. The molecule has 0 saturated carbocycles. The fourth-order valence-corrected chi connectivity index (χ4v) is 1.91. The average molecular weight is 220 g/mol. The molecule has 0 aromatic carbocycles. The van der Waals surface area contributed by atoms with Crippen molar-refractivity contribution in [2.45, 2.75) is 52.4 Å². The van der Waals surface area contributed by atoms with Crippen molar-refractivity contribution in [2.24, 2.45) is 0 Å². The molecule has 0 spiro atoms. The monoisotopic (exact) mass is 220 g/mol. The number of hydrogen-bond donors (Lipinski definition) is 1. The lowest BCUT2D eigenvalue weighted by Crippen LogP contribution is -1.98. The van der Waals surface area contributed by atoms with Gasteiger partial charge in [-0.25, -0.2) is 0 Å². The van der Waals surface area contributed by atoms with E-state index in [1.54, 1.807) is 6.92 Å². The first-order chi connectivity index (χ1) is 6.72. The van der Waals surface area contributed by atoms with Gasteiger partial charge in [-0.1, -0.05) is 32.6 Å². The van der Waals surface area contributed by atoms with Crippen LogP contribution in [-0.2, 0) is 9.32 Å². The molecule has 1 unspecified atom stereocenters. The summed E-state index contributed by atoms with van der Waals surface area (Å²) < 4.78 is 4.85. The second-order valence-corrected chi connectivity index (χ2v) is 4.55. The number of hydrogen-bond acceptors (Lipinski definition) is 3. The van der Waals surface area contributed by atoms with Crippen molar-refractivity contribution in [3.05, 3.63) is 0 Å². The van der Waals surface area contributed by atoms with Gasteiger partial charge >= 0.3 is 0 Å². The number of rotatable bonds is 9. The number of carbonyl (C=O) groups is 1. The molecule has 0 aliphatic carbocycles. The summed E-state index contributed by atoms with van der Waals surface area (Å²) in [5.41, 5.74) is -0.127. The SMILES string of the molecule is CCCCCCCC(=O)P(O)OCC. The minimum Gasteiger partial charge on any atom is -0.344 e. The summed E-state index contributed by atoms with van der Waals surface area (Å²) in [7, 11) is -1.81. The van der Waals surface area contributed by atoms with Gasteiger partial charge in [0, 0.05) is 6.42 Å². The molecule has 0 bridgehead atoms. The van der Waals surface area contributed by atoms with Gasteiger partial charge in [0.2, 0.25) is 13.9 Å². The van der Waals surface area contributed by atoms with Gasteiger partial charge in [-0.15, -0.1) is 0 Å². The molecule has 0 fully saturated rings. The molecule has 0 aromatic rings.